The van der Waals surface area contributed by atoms with Gasteiger partial charge in [0.1, 0.15) is 5.60 Å². The van der Waals surface area contributed by atoms with E-state index in [0.717, 1.165) is 30.8 Å². The van der Waals surface area contributed by atoms with Gasteiger partial charge >= 0.3 is 0 Å². The van der Waals surface area contributed by atoms with Crippen LogP contribution in [0.15, 0.2) is 11.6 Å². The van der Waals surface area contributed by atoms with Gasteiger partial charge in [-0.2, -0.15) is 0 Å². The first kappa shape index (κ1) is 23.4. The van der Waals surface area contributed by atoms with Crippen molar-refractivity contribution in [3.8, 4) is 0 Å². The van der Waals surface area contributed by atoms with Gasteiger partial charge in [0.2, 0.25) is 0 Å². The smallest absolute Gasteiger partial charge is 0.188 e. The van der Waals surface area contributed by atoms with Crippen LogP contribution in [-0.2, 0) is 4.79 Å². The largest absolute Gasteiger partial charge is 0.393 e. The summed E-state index contributed by atoms with van der Waals surface area (Å²) >= 11 is 0. The molecule has 31 heavy (non-hydrogen) atoms. The minimum Gasteiger partial charge on any atom is -0.393 e. The predicted octanol–water partition coefficient (Wildman–Crippen LogP) is 4.80. The van der Waals surface area contributed by atoms with E-state index in [1.807, 2.05) is 6.92 Å². The van der Waals surface area contributed by atoms with E-state index in [-0.39, 0.29) is 23.5 Å². The lowest BCUT2D eigenvalue weighted by Gasteiger charge is -2.63. The van der Waals surface area contributed by atoms with Crippen molar-refractivity contribution in [1.82, 2.24) is 0 Å². The molecule has 4 aliphatic rings. The molecule has 0 aromatic carbocycles. The van der Waals surface area contributed by atoms with Crippen LogP contribution in [0.1, 0.15) is 98.8 Å². The maximum absolute atomic E-state index is 13.3. The highest BCUT2D eigenvalue weighted by molar-refractivity contribution is 6.00. The Morgan fingerprint density at radius 2 is 1.71 bits per heavy atom. The molecule has 4 aliphatic carbocycles. The average molecular weight is 433 g/mol. The van der Waals surface area contributed by atoms with Gasteiger partial charge in [-0.15, -0.1) is 0 Å². The number of hydrogen-bond donors (Lipinski definition) is 3. The summed E-state index contributed by atoms with van der Waals surface area (Å²) in [6, 6.07) is 0. The molecular formula is C27H44O4. The van der Waals surface area contributed by atoms with Crippen LogP contribution in [0.25, 0.3) is 0 Å². The van der Waals surface area contributed by atoms with Gasteiger partial charge in [0.05, 0.1) is 11.7 Å². The van der Waals surface area contributed by atoms with Gasteiger partial charge in [-0.1, -0.05) is 53.9 Å². The molecule has 4 heteroatoms. The minimum atomic E-state index is -1.67. The summed E-state index contributed by atoms with van der Waals surface area (Å²) in [6.07, 6.45) is 9.48. The van der Waals surface area contributed by atoms with E-state index in [9.17, 15) is 20.1 Å². The molecule has 1 unspecified atom stereocenters. The van der Waals surface area contributed by atoms with E-state index in [4.69, 9.17) is 0 Å². The minimum absolute atomic E-state index is 0.0336. The summed E-state index contributed by atoms with van der Waals surface area (Å²) in [6.45, 7) is 11.3. The van der Waals surface area contributed by atoms with Crippen molar-refractivity contribution in [2.24, 2.45) is 34.5 Å². The van der Waals surface area contributed by atoms with E-state index in [1.165, 1.54) is 19.3 Å². The molecule has 0 spiro atoms. The molecule has 3 fully saturated rings. The molecule has 0 amide bonds. The molecule has 3 N–H and O–H groups in total. The highest BCUT2D eigenvalue weighted by atomic mass is 16.3. The number of aliphatic hydroxyl groups excluding tert-OH is 1. The second kappa shape index (κ2) is 7.67. The number of aliphatic hydroxyl groups is 3. The fourth-order valence-electron chi connectivity index (χ4n) is 8.33. The van der Waals surface area contributed by atoms with Gasteiger partial charge in [0.15, 0.2) is 5.78 Å². The zero-order chi connectivity index (χ0) is 22.8. The summed E-state index contributed by atoms with van der Waals surface area (Å²) in [5.41, 5.74) is -2.75. The zero-order valence-corrected chi connectivity index (χ0v) is 20.3. The van der Waals surface area contributed by atoms with Crippen molar-refractivity contribution in [2.45, 2.75) is 116 Å². The second-order valence-corrected chi connectivity index (χ2v) is 12.5. The van der Waals surface area contributed by atoms with E-state index >= 15 is 0 Å². The first-order valence-electron chi connectivity index (χ1n) is 12.8. The van der Waals surface area contributed by atoms with Crippen LogP contribution in [0.5, 0.6) is 0 Å². The first-order valence-corrected chi connectivity index (χ1v) is 12.8. The van der Waals surface area contributed by atoms with Crippen LogP contribution in [0.3, 0.4) is 0 Å². The first-order chi connectivity index (χ1) is 14.4. The van der Waals surface area contributed by atoms with Crippen LogP contribution in [-0.4, -0.2) is 38.4 Å². The van der Waals surface area contributed by atoms with Gasteiger partial charge < -0.3 is 15.3 Å². The molecule has 0 aromatic rings. The molecular weight excluding hydrogens is 388 g/mol. The van der Waals surface area contributed by atoms with Crippen LogP contribution in [0, 0.1) is 34.5 Å². The molecule has 0 aromatic heterocycles. The molecule has 176 valence electrons. The van der Waals surface area contributed by atoms with E-state index in [1.54, 1.807) is 6.08 Å². The third-order valence-corrected chi connectivity index (χ3v) is 10.4. The van der Waals surface area contributed by atoms with Gasteiger partial charge in [-0.25, -0.2) is 0 Å². The van der Waals surface area contributed by atoms with Crippen molar-refractivity contribution < 1.29 is 20.1 Å². The molecule has 4 nitrogen and oxygen atoms in total. The van der Waals surface area contributed by atoms with Crippen LogP contribution in [0.2, 0.25) is 0 Å². The van der Waals surface area contributed by atoms with Crippen molar-refractivity contribution >= 4 is 5.78 Å². The van der Waals surface area contributed by atoms with Crippen molar-refractivity contribution in [3.05, 3.63) is 11.6 Å². The fourth-order valence-corrected chi connectivity index (χ4v) is 8.33. The lowest BCUT2D eigenvalue weighted by atomic mass is 9.43. The number of carbonyl (C=O) groups is 1. The SMILES string of the molecule is CC(C)CCCC(C)[C@H]1CC[C@H]2C3=CC(=O)[C@@]4(O)C[C@@H](O)CC[C@]4(C)[C@@]3(O)CC[C@]12C. The number of rotatable bonds is 5. The molecule has 4 rings (SSSR count). The monoisotopic (exact) mass is 432 g/mol. The van der Waals surface area contributed by atoms with Crippen LogP contribution >= 0.6 is 0 Å². The van der Waals surface area contributed by atoms with Crippen molar-refractivity contribution in [3.63, 3.8) is 0 Å². The highest BCUT2D eigenvalue weighted by Gasteiger charge is 2.71. The second-order valence-electron chi connectivity index (χ2n) is 12.5. The van der Waals surface area contributed by atoms with E-state index in [2.05, 4.69) is 27.7 Å². The maximum atomic E-state index is 13.3. The molecule has 0 heterocycles. The average Bonchev–Trinajstić information content (AvgIpc) is 3.03. The Balaban J connectivity index is 1.64. The lowest BCUT2D eigenvalue weighted by Crippen LogP contribution is -2.71. The Kier molecular flexibility index (Phi) is 5.80. The third kappa shape index (κ3) is 3.22. The summed E-state index contributed by atoms with van der Waals surface area (Å²) in [4.78, 5) is 13.3. The van der Waals surface area contributed by atoms with E-state index in [0.29, 0.717) is 31.1 Å². The summed E-state index contributed by atoms with van der Waals surface area (Å²) < 4.78 is 0. The Bertz CT molecular complexity index is 758. The number of fused-ring (bicyclic) bond motifs is 5. The predicted molar refractivity (Wildman–Crippen MR) is 122 cm³/mol. The highest BCUT2D eigenvalue weighted by Crippen LogP contribution is 2.68. The lowest BCUT2D eigenvalue weighted by molar-refractivity contribution is -0.223. The molecule has 0 saturated heterocycles. The maximum Gasteiger partial charge on any atom is 0.188 e. The summed E-state index contributed by atoms with van der Waals surface area (Å²) in [7, 11) is 0. The number of hydrogen-bond acceptors (Lipinski definition) is 4. The Labute approximate surface area is 188 Å². The van der Waals surface area contributed by atoms with Gasteiger partial charge in [-0.05, 0) is 79.3 Å². The topological polar surface area (TPSA) is 77.8 Å². The molecule has 0 aliphatic heterocycles. The van der Waals surface area contributed by atoms with Crippen molar-refractivity contribution in [1.29, 1.82) is 0 Å². The standard InChI is InChI=1S/C27H44O4/c1-17(2)7-6-8-18(3)20-9-10-21-22-15-23(29)27(31)16-19(28)11-12-25(27,5)26(22,30)14-13-24(20,21)4/h15,17-21,28,30-31H,6-14,16H2,1-5H3/t18?,19-,20+,21-,24+,25+,26+,27-/m0/s1. The zero-order valence-electron chi connectivity index (χ0n) is 20.3. The Morgan fingerprint density at radius 3 is 2.39 bits per heavy atom. The van der Waals surface area contributed by atoms with Gasteiger partial charge in [0, 0.05) is 11.8 Å². The van der Waals surface area contributed by atoms with Gasteiger partial charge in [-0.3, -0.25) is 4.79 Å². The van der Waals surface area contributed by atoms with Gasteiger partial charge in [0.25, 0.3) is 0 Å². The summed E-state index contributed by atoms with van der Waals surface area (Å²) in [5, 5.41) is 33.8. The fraction of sp³-hybridized carbons (Fsp3) is 0.889. The molecule has 0 bridgehead atoms. The molecule has 3 saturated carbocycles. The molecule has 0 radical (unpaired) electrons. The Hall–Kier alpha value is -0.710. The van der Waals surface area contributed by atoms with E-state index < -0.39 is 22.7 Å². The normalized spacial score (nSPS) is 48.1. The number of carbonyl (C=O) groups excluding carboxylic acids is 1. The number of ketones is 1. The summed E-state index contributed by atoms with van der Waals surface area (Å²) in [5.74, 6) is 1.92. The van der Waals surface area contributed by atoms with Crippen LogP contribution < -0.4 is 0 Å². The Morgan fingerprint density at radius 1 is 1.00 bits per heavy atom. The quantitative estimate of drug-likeness (QED) is 0.583. The van der Waals surface area contributed by atoms with Crippen molar-refractivity contribution in [2.75, 3.05) is 0 Å². The van der Waals surface area contributed by atoms with Crippen LogP contribution in [0.4, 0.5) is 0 Å². The molecule has 8 atom stereocenters. The third-order valence-electron chi connectivity index (χ3n) is 10.4.